The van der Waals surface area contributed by atoms with Gasteiger partial charge in [0.1, 0.15) is 12.4 Å². The second-order valence-corrected chi connectivity index (χ2v) is 5.79. The molecule has 2 N–H and O–H groups in total. The number of benzene rings is 2. The highest BCUT2D eigenvalue weighted by Crippen LogP contribution is 2.27. The van der Waals surface area contributed by atoms with Gasteiger partial charge in [0.25, 0.3) is 11.8 Å². The Labute approximate surface area is 166 Å². The second-order valence-electron chi connectivity index (χ2n) is 5.79. The van der Waals surface area contributed by atoms with Gasteiger partial charge in [-0.25, -0.2) is 4.39 Å². The molecule has 0 saturated carbocycles. The maximum Gasteiger partial charge on any atom is 0.325 e. The fourth-order valence-corrected chi connectivity index (χ4v) is 2.33. The van der Waals surface area contributed by atoms with Gasteiger partial charge in [-0.1, -0.05) is 18.2 Å². The summed E-state index contributed by atoms with van der Waals surface area (Å²) in [5.41, 5.74) is 0.576. The Morgan fingerprint density at radius 3 is 2.38 bits per heavy atom. The van der Waals surface area contributed by atoms with Gasteiger partial charge in [0.2, 0.25) is 0 Å². The monoisotopic (exact) mass is 404 g/mol. The number of carbonyl (C=O) groups is 3. The molecule has 0 spiro atoms. The number of nitrogens with one attached hydrogen (secondary N) is 2. The van der Waals surface area contributed by atoms with Crippen LogP contribution >= 0.6 is 0 Å². The molecule has 0 saturated heterocycles. The Morgan fingerprint density at radius 1 is 0.966 bits per heavy atom. The highest BCUT2D eigenvalue weighted by atomic mass is 19.1. The number of hydrogen-bond donors (Lipinski definition) is 2. The molecule has 2 aromatic carbocycles. The first-order valence-electron chi connectivity index (χ1n) is 8.60. The summed E-state index contributed by atoms with van der Waals surface area (Å²) in [7, 11) is 3.02. The summed E-state index contributed by atoms with van der Waals surface area (Å²) in [5.74, 6) is -1.71. The Kier molecular flexibility index (Phi) is 7.96. The van der Waals surface area contributed by atoms with Crippen LogP contribution in [0.2, 0.25) is 0 Å². The van der Waals surface area contributed by atoms with Crippen molar-refractivity contribution >= 4 is 17.8 Å². The Balaban J connectivity index is 1.73. The van der Waals surface area contributed by atoms with Gasteiger partial charge in [0.05, 0.1) is 19.8 Å². The third kappa shape index (κ3) is 6.49. The minimum absolute atomic E-state index is 0.187. The molecule has 0 aromatic heterocycles. The molecule has 0 fully saturated rings. The first-order chi connectivity index (χ1) is 13.9. The van der Waals surface area contributed by atoms with E-state index in [9.17, 15) is 18.8 Å². The average molecular weight is 404 g/mol. The number of methoxy groups -OCH3 is 2. The Bertz CT molecular complexity index is 887. The molecule has 0 heterocycles. The lowest BCUT2D eigenvalue weighted by atomic mass is 10.2. The van der Waals surface area contributed by atoms with Gasteiger partial charge in [0, 0.05) is 6.54 Å². The molecular weight excluding hydrogens is 383 g/mol. The number of amides is 2. The van der Waals surface area contributed by atoms with E-state index in [0.717, 1.165) is 11.6 Å². The second kappa shape index (κ2) is 10.6. The lowest BCUT2D eigenvalue weighted by Gasteiger charge is -2.11. The van der Waals surface area contributed by atoms with E-state index in [2.05, 4.69) is 10.6 Å². The predicted molar refractivity (Wildman–Crippen MR) is 101 cm³/mol. The molecule has 0 bridgehead atoms. The minimum Gasteiger partial charge on any atom is -0.493 e. The van der Waals surface area contributed by atoms with Gasteiger partial charge in [-0.15, -0.1) is 0 Å². The molecule has 9 heteroatoms. The largest absolute Gasteiger partial charge is 0.493 e. The zero-order chi connectivity index (χ0) is 21.2. The summed E-state index contributed by atoms with van der Waals surface area (Å²) in [4.78, 5) is 35.3. The molecule has 2 aromatic rings. The minimum atomic E-state index is -0.823. The smallest absolute Gasteiger partial charge is 0.325 e. The van der Waals surface area contributed by atoms with E-state index in [1.807, 2.05) is 0 Å². The number of esters is 1. The number of halogens is 1. The molecule has 0 radical (unpaired) electrons. The van der Waals surface area contributed by atoms with Crippen LogP contribution in [0.3, 0.4) is 0 Å². The highest BCUT2D eigenvalue weighted by molar-refractivity contribution is 5.96. The van der Waals surface area contributed by atoms with Gasteiger partial charge in [-0.3, -0.25) is 14.4 Å². The lowest BCUT2D eigenvalue weighted by molar-refractivity contribution is -0.147. The molecule has 0 aliphatic rings. The first-order valence-corrected chi connectivity index (χ1v) is 8.60. The van der Waals surface area contributed by atoms with Gasteiger partial charge >= 0.3 is 5.97 Å². The highest BCUT2D eigenvalue weighted by Gasteiger charge is 2.13. The zero-order valence-corrected chi connectivity index (χ0v) is 16.0. The van der Waals surface area contributed by atoms with Crippen LogP contribution < -0.4 is 20.1 Å². The SMILES string of the molecule is COc1ccc(CNC(=O)COC(=O)CNC(=O)c2ccccc2F)cc1OC. The van der Waals surface area contributed by atoms with E-state index in [1.54, 1.807) is 18.2 Å². The summed E-state index contributed by atoms with van der Waals surface area (Å²) in [6.45, 7) is -0.807. The average Bonchev–Trinajstić information content (AvgIpc) is 2.74. The third-order valence-electron chi connectivity index (χ3n) is 3.81. The van der Waals surface area contributed by atoms with E-state index in [-0.39, 0.29) is 12.1 Å². The normalized spacial score (nSPS) is 10.0. The summed E-state index contributed by atoms with van der Waals surface area (Å²) in [6, 6.07) is 10.5. The summed E-state index contributed by atoms with van der Waals surface area (Å²) >= 11 is 0. The van der Waals surface area contributed by atoms with Crippen LogP contribution in [-0.2, 0) is 20.9 Å². The fourth-order valence-electron chi connectivity index (χ4n) is 2.33. The van der Waals surface area contributed by atoms with Gasteiger partial charge in [-0.2, -0.15) is 0 Å². The maximum absolute atomic E-state index is 13.5. The maximum atomic E-state index is 13.5. The number of rotatable bonds is 9. The van der Waals surface area contributed by atoms with Gasteiger partial charge in [0.15, 0.2) is 18.1 Å². The lowest BCUT2D eigenvalue weighted by Crippen LogP contribution is -2.34. The molecule has 2 rings (SSSR count). The van der Waals surface area contributed by atoms with E-state index >= 15 is 0 Å². The van der Waals surface area contributed by atoms with Crippen molar-refractivity contribution in [2.75, 3.05) is 27.4 Å². The van der Waals surface area contributed by atoms with Crippen molar-refractivity contribution in [2.24, 2.45) is 0 Å². The molecule has 8 nitrogen and oxygen atoms in total. The molecule has 29 heavy (non-hydrogen) atoms. The van der Waals surface area contributed by atoms with E-state index in [1.165, 1.54) is 32.4 Å². The van der Waals surface area contributed by atoms with Crippen LogP contribution in [0.25, 0.3) is 0 Å². The molecule has 0 unspecified atom stereocenters. The van der Waals surface area contributed by atoms with Crippen molar-refractivity contribution in [3.8, 4) is 11.5 Å². The Hall–Kier alpha value is -3.62. The first kappa shape index (κ1) is 21.7. The van der Waals surface area contributed by atoms with Crippen molar-refractivity contribution in [1.82, 2.24) is 10.6 Å². The summed E-state index contributed by atoms with van der Waals surface area (Å²) < 4.78 is 28.6. The van der Waals surface area contributed by atoms with E-state index < -0.39 is 36.8 Å². The van der Waals surface area contributed by atoms with Crippen molar-refractivity contribution in [3.63, 3.8) is 0 Å². The van der Waals surface area contributed by atoms with Crippen LogP contribution in [0.4, 0.5) is 4.39 Å². The molecule has 154 valence electrons. The molecule has 0 atom stereocenters. The van der Waals surface area contributed by atoms with E-state index in [0.29, 0.717) is 11.5 Å². The fraction of sp³-hybridized carbons (Fsp3) is 0.250. The van der Waals surface area contributed by atoms with Crippen molar-refractivity contribution in [3.05, 3.63) is 59.4 Å². The van der Waals surface area contributed by atoms with Gasteiger partial charge < -0.3 is 24.8 Å². The van der Waals surface area contributed by atoms with E-state index in [4.69, 9.17) is 14.2 Å². The van der Waals surface area contributed by atoms with Crippen LogP contribution in [0.1, 0.15) is 15.9 Å². The van der Waals surface area contributed by atoms with Crippen LogP contribution in [0.15, 0.2) is 42.5 Å². The summed E-state index contributed by atoms with van der Waals surface area (Å²) in [6.07, 6.45) is 0. The van der Waals surface area contributed by atoms with Crippen LogP contribution in [0.5, 0.6) is 11.5 Å². The molecule has 2 amide bonds. The number of carbonyl (C=O) groups excluding carboxylic acids is 3. The standard InChI is InChI=1S/C20H21FN2O6/c1-27-16-8-7-13(9-17(16)28-2)10-22-18(24)12-29-19(25)11-23-20(26)14-5-3-4-6-15(14)21/h3-9H,10-12H2,1-2H3,(H,22,24)(H,23,26). The quantitative estimate of drug-likeness (QED) is 0.613. The van der Waals surface area contributed by atoms with Crippen molar-refractivity contribution in [1.29, 1.82) is 0 Å². The van der Waals surface area contributed by atoms with Crippen LogP contribution in [-0.4, -0.2) is 45.2 Å². The number of ether oxygens (including phenoxy) is 3. The summed E-state index contributed by atoms with van der Waals surface area (Å²) in [5, 5.41) is 4.83. The zero-order valence-electron chi connectivity index (χ0n) is 16.0. The predicted octanol–water partition coefficient (Wildman–Crippen LogP) is 1.43. The van der Waals surface area contributed by atoms with Crippen molar-refractivity contribution in [2.45, 2.75) is 6.54 Å². The third-order valence-corrected chi connectivity index (χ3v) is 3.81. The molecule has 0 aliphatic carbocycles. The Morgan fingerprint density at radius 2 is 1.69 bits per heavy atom. The van der Waals surface area contributed by atoms with Gasteiger partial charge in [-0.05, 0) is 29.8 Å². The van der Waals surface area contributed by atoms with Crippen molar-refractivity contribution < 1.29 is 33.0 Å². The van der Waals surface area contributed by atoms with Crippen LogP contribution in [0, 0.1) is 5.82 Å². The number of hydrogen-bond acceptors (Lipinski definition) is 6. The molecular formula is C20H21FN2O6. The topological polar surface area (TPSA) is 103 Å². The molecule has 0 aliphatic heterocycles.